The summed E-state index contributed by atoms with van der Waals surface area (Å²) in [5, 5.41) is 0. The van der Waals surface area contributed by atoms with Crippen LogP contribution in [0.3, 0.4) is 0 Å². The first kappa shape index (κ1) is 26.8. The van der Waals surface area contributed by atoms with Crippen molar-refractivity contribution in [2.24, 2.45) is 0 Å². The molecule has 0 N–H and O–H groups in total. The van der Waals surface area contributed by atoms with Crippen LogP contribution in [0.2, 0.25) is 0 Å². The van der Waals surface area contributed by atoms with Crippen molar-refractivity contribution in [2.75, 3.05) is 13.2 Å². The SMILES string of the molecule is CC(=O)OC[C@@H](OC(C)=O)[C@@H](OC(C)=O)[C@H](OC(C)=O)[C@@H]1CN(C(C)=O)[C@H](c2ccccc2)O1. The molecule has 11 nitrogen and oxygen atoms in total. The fourth-order valence-corrected chi connectivity index (χ4v) is 3.62. The van der Waals surface area contributed by atoms with Crippen LogP contribution in [0.4, 0.5) is 0 Å². The van der Waals surface area contributed by atoms with Crippen molar-refractivity contribution in [3.8, 4) is 0 Å². The molecule has 0 aromatic heterocycles. The lowest BCUT2D eigenvalue weighted by Gasteiger charge is -2.34. The van der Waals surface area contributed by atoms with Gasteiger partial charge in [-0.1, -0.05) is 30.3 Å². The number of esters is 4. The summed E-state index contributed by atoms with van der Waals surface area (Å²) >= 11 is 0. The predicted octanol–water partition coefficient (Wildman–Crippen LogP) is 1.29. The van der Waals surface area contributed by atoms with Crippen LogP contribution in [0.5, 0.6) is 0 Å². The van der Waals surface area contributed by atoms with E-state index in [2.05, 4.69) is 0 Å². The normalized spacial score (nSPS) is 20.0. The quantitative estimate of drug-likeness (QED) is 0.377. The number of rotatable bonds is 9. The van der Waals surface area contributed by atoms with Gasteiger partial charge in [-0.05, 0) is 0 Å². The van der Waals surface area contributed by atoms with E-state index in [0.29, 0.717) is 5.56 Å². The molecule has 1 aromatic carbocycles. The van der Waals surface area contributed by atoms with Crippen molar-refractivity contribution in [1.82, 2.24) is 4.90 Å². The van der Waals surface area contributed by atoms with Crippen LogP contribution >= 0.6 is 0 Å². The zero-order valence-electron chi connectivity index (χ0n) is 19.7. The zero-order chi connectivity index (χ0) is 25.4. The van der Waals surface area contributed by atoms with Crippen LogP contribution < -0.4 is 0 Å². The lowest BCUT2D eigenvalue weighted by Crippen LogP contribution is -2.53. The van der Waals surface area contributed by atoms with E-state index < -0.39 is 61.1 Å². The number of hydrogen-bond donors (Lipinski definition) is 0. The molecule has 34 heavy (non-hydrogen) atoms. The minimum absolute atomic E-state index is 0.00897. The Morgan fingerprint density at radius 3 is 1.97 bits per heavy atom. The molecule has 5 atom stereocenters. The van der Waals surface area contributed by atoms with Gasteiger partial charge in [-0.3, -0.25) is 24.0 Å². The summed E-state index contributed by atoms with van der Waals surface area (Å²) in [7, 11) is 0. The van der Waals surface area contributed by atoms with E-state index in [0.717, 1.165) is 27.7 Å². The van der Waals surface area contributed by atoms with Crippen LogP contribution in [0.1, 0.15) is 46.4 Å². The number of nitrogens with zero attached hydrogens (tertiary/aromatic N) is 1. The van der Waals surface area contributed by atoms with E-state index in [-0.39, 0.29) is 12.5 Å². The summed E-state index contributed by atoms with van der Waals surface area (Å²) in [6.45, 7) is 5.46. The summed E-state index contributed by atoms with van der Waals surface area (Å²) < 4.78 is 27.2. The Balaban J connectivity index is 2.46. The van der Waals surface area contributed by atoms with Crippen molar-refractivity contribution >= 4 is 29.8 Å². The Morgan fingerprint density at radius 2 is 1.47 bits per heavy atom. The van der Waals surface area contributed by atoms with Gasteiger partial charge in [0, 0.05) is 40.2 Å². The number of hydrogen-bond acceptors (Lipinski definition) is 10. The van der Waals surface area contributed by atoms with Crippen molar-refractivity contribution in [3.05, 3.63) is 35.9 Å². The summed E-state index contributed by atoms with van der Waals surface area (Å²) in [6, 6.07) is 8.92. The molecule has 1 aromatic rings. The fraction of sp³-hybridized carbons (Fsp3) is 0.522. The molecule has 1 aliphatic rings. The van der Waals surface area contributed by atoms with Crippen molar-refractivity contribution in [1.29, 1.82) is 0 Å². The molecule has 0 saturated carbocycles. The van der Waals surface area contributed by atoms with Crippen molar-refractivity contribution < 1.29 is 47.7 Å². The molecule has 2 rings (SSSR count). The minimum Gasteiger partial charge on any atom is -0.462 e. The average Bonchev–Trinajstić information content (AvgIpc) is 3.19. The smallest absolute Gasteiger partial charge is 0.303 e. The zero-order valence-corrected chi connectivity index (χ0v) is 19.7. The van der Waals surface area contributed by atoms with Crippen molar-refractivity contribution in [3.63, 3.8) is 0 Å². The van der Waals surface area contributed by atoms with Gasteiger partial charge in [-0.2, -0.15) is 0 Å². The molecule has 11 heteroatoms. The molecule has 0 radical (unpaired) electrons. The Morgan fingerprint density at radius 1 is 0.882 bits per heavy atom. The van der Waals surface area contributed by atoms with Gasteiger partial charge < -0.3 is 28.6 Å². The highest BCUT2D eigenvalue weighted by Gasteiger charge is 2.48. The van der Waals surface area contributed by atoms with Crippen LogP contribution in [0, 0.1) is 0 Å². The molecule has 1 amide bonds. The van der Waals surface area contributed by atoms with Crippen LogP contribution in [-0.2, 0) is 47.7 Å². The van der Waals surface area contributed by atoms with Gasteiger partial charge in [0.2, 0.25) is 5.91 Å². The Hall–Kier alpha value is -3.47. The second kappa shape index (κ2) is 12.1. The van der Waals surface area contributed by atoms with Gasteiger partial charge in [0.25, 0.3) is 0 Å². The maximum absolute atomic E-state index is 12.4. The topological polar surface area (TPSA) is 135 Å². The highest BCUT2D eigenvalue weighted by Crippen LogP contribution is 2.34. The Bertz CT molecular complexity index is 902. The van der Waals surface area contributed by atoms with E-state index >= 15 is 0 Å². The average molecular weight is 479 g/mol. The van der Waals surface area contributed by atoms with E-state index in [1.165, 1.54) is 11.8 Å². The van der Waals surface area contributed by atoms with Gasteiger partial charge in [-0.25, -0.2) is 0 Å². The molecular formula is C23H29NO10. The molecule has 0 bridgehead atoms. The molecule has 1 heterocycles. The third-order valence-corrected chi connectivity index (χ3v) is 4.88. The summed E-state index contributed by atoms with van der Waals surface area (Å²) in [5.74, 6) is -3.18. The highest BCUT2D eigenvalue weighted by molar-refractivity contribution is 5.74. The first-order chi connectivity index (χ1) is 16.0. The summed E-state index contributed by atoms with van der Waals surface area (Å²) in [5.41, 5.74) is 0.683. The molecular weight excluding hydrogens is 450 g/mol. The summed E-state index contributed by atoms with van der Waals surface area (Å²) in [6.07, 6.45) is -5.74. The fourth-order valence-electron chi connectivity index (χ4n) is 3.62. The second-order valence-corrected chi connectivity index (χ2v) is 7.71. The highest BCUT2D eigenvalue weighted by atomic mass is 16.6. The van der Waals surface area contributed by atoms with E-state index in [1.54, 1.807) is 24.3 Å². The van der Waals surface area contributed by atoms with E-state index in [9.17, 15) is 24.0 Å². The molecule has 0 spiro atoms. The Kier molecular flexibility index (Phi) is 9.55. The molecule has 186 valence electrons. The molecule has 1 aliphatic heterocycles. The van der Waals surface area contributed by atoms with Gasteiger partial charge in [0.1, 0.15) is 12.7 Å². The van der Waals surface area contributed by atoms with Crippen LogP contribution in [0.25, 0.3) is 0 Å². The number of benzene rings is 1. The van der Waals surface area contributed by atoms with E-state index in [1.807, 2.05) is 6.07 Å². The number of carbonyl (C=O) groups excluding carboxylic acids is 5. The minimum atomic E-state index is -1.39. The number of amides is 1. The van der Waals surface area contributed by atoms with E-state index in [4.69, 9.17) is 23.7 Å². The van der Waals surface area contributed by atoms with Gasteiger partial charge in [0.15, 0.2) is 24.5 Å². The molecule has 1 saturated heterocycles. The third-order valence-electron chi connectivity index (χ3n) is 4.88. The first-order valence-corrected chi connectivity index (χ1v) is 10.6. The third kappa shape index (κ3) is 7.55. The maximum Gasteiger partial charge on any atom is 0.303 e. The second-order valence-electron chi connectivity index (χ2n) is 7.71. The van der Waals surface area contributed by atoms with Gasteiger partial charge >= 0.3 is 23.9 Å². The standard InChI is InChI=1S/C23H29NO10/c1-13(25)24-11-19(34-23(24)18-9-7-6-8-10-18)21(32-16(4)28)22(33-17(5)29)20(31-15(3)27)12-30-14(2)26/h6-10,19-23H,11-12H2,1-5H3/t19-,20+,21+,22+,23-/m0/s1. The predicted molar refractivity (Wildman–Crippen MR) is 115 cm³/mol. The monoisotopic (exact) mass is 479 g/mol. The van der Waals surface area contributed by atoms with Gasteiger partial charge in [0.05, 0.1) is 6.54 Å². The lowest BCUT2D eigenvalue weighted by molar-refractivity contribution is -0.200. The van der Waals surface area contributed by atoms with Gasteiger partial charge in [-0.15, -0.1) is 0 Å². The summed E-state index contributed by atoms with van der Waals surface area (Å²) in [4.78, 5) is 60.8. The number of ether oxygens (including phenoxy) is 5. The first-order valence-electron chi connectivity index (χ1n) is 10.6. The Labute approximate surface area is 197 Å². The molecule has 0 unspecified atom stereocenters. The lowest BCUT2D eigenvalue weighted by atomic mass is 10.0. The number of carbonyl (C=O) groups is 5. The largest absolute Gasteiger partial charge is 0.462 e. The van der Waals surface area contributed by atoms with Crippen LogP contribution in [0.15, 0.2) is 30.3 Å². The van der Waals surface area contributed by atoms with Crippen molar-refractivity contribution in [2.45, 2.75) is 65.3 Å². The maximum atomic E-state index is 12.4. The molecule has 1 fully saturated rings. The van der Waals surface area contributed by atoms with Crippen LogP contribution in [-0.4, -0.2) is 72.3 Å². The molecule has 0 aliphatic carbocycles.